The number of benzene rings is 1. The first-order valence-corrected chi connectivity index (χ1v) is 8.95. The van der Waals surface area contributed by atoms with Crippen molar-refractivity contribution in [1.29, 1.82) is 5.26 Å². The summed E-state index contributed by atoms with van der Waals surface area (Å²) in [5.41, 5.74) is 0.266. The summed E-state index contributed by atoms with van der Waals surface area (Å²) in [5, 5.41) is 15.7. The minimum atomic E-state index is -1.37. The number of carbonyl (C=O) groups is 2. The lowest BCUT2D eigenvalue weighted by Crippen LogP contribution is -2.28. The summed E-state index contributed by atoms with van der Waals surface area (Å²) in [6.07, 6.45) is 0.896. The van der Waals surface area contributed by atoms with Crippen molar-refractivity contribution in [3.8, 4) is 11.8 Å². The molecule has 1 N–H and O–H groups in total. The lowest BCUT2D eigenvalue weighted by atomic mass is 9.96. The lowest BCUT2D eigenvalue weighted by molar-refractivity contribution is -0.128. The molecule has 0 saturated carbocycles. The Morgan fingerprint density at radius 3 is 2.50 bits per heavy atom. The summed E-state index contributed by atoms with van der Waals surface area (Å²) >= 11 is 0. The largest absolute Gasteiger partial charge is 0.497 e. The number of anilines is 1. The highest BCUT2D eigenvalue weighted by molar-refractivity contribution is 6.09. The molecule has 2 aromatic rings. The van der Waals surface area contributed by atoms with Crippen molar-refractivity contribution in [1.82, 2.24) is 10.1 Å². The van der Waals surface area contributed by atoms with Crippen LogP contribution in [0.25, 0.3) is 0 Å². The van der Waals surface area contributed by atoms with Crippen LogP contribution in [-0.4, -0.2) is 28.9 Å². The summed E-state index contributed by atoms with van der Waals surface area (Å²) in [6.45, 7) is 5.93. The van der Waals surface area contributed by atoms with Crippen molar-refractivity contribution in [2.75, 3.05) is 12.4 Å². The second-order valence-electron chi connectivity index (χ2n) is 7.36. The topological polar surface area (TPSA) is 118 Å². The van der Waals surface area contributed by atoms with Gasteiger partial charge in [-0.1, -0.05) is 25.9 Å². The van der Waals surface area contributed by atoms with Gasteiger partial charge in [0.1, 0.15) is 5.75 Å². The van der Waals surface area contributed by atoms with Gasteiger partial charge in [-0.15, -0.1) is 0 Å². The molecule has 1 amide bonds. The third-order valence-corrected chi connectivity index (χ3v) is 4.02. The Bertz CT molecular complexity index is 860. The molecule has 1 atom stereocenters. The number of methoxy groups -OCH3 is 1. The number of aromatic nitrogens is 2. The zero-order chi connectivity index (χ0) is 20.7. The summed E-state index contributed by atoms with van der Waals surface area (Å²) in [7, 11) is 1.54. The van der Waals surface area contributed by atoms with Gasteiger partial charge in [-0.2, -0.15) is 10.2 Å². The van der Waals surface area contributed by atoms with Crippen molar-refractivity contribution in [2.24, 2.45) is 5.92 Å². The first kappa shape index (κ1) is 21.1. The summed E-state index contributed by atoms with van der Waals surface area (Å²) < 4.78 is 10.2. The molecule has 148 valence electrons. The van der Waals surface area contributed by atoms with Crippen molar-refractivity contribution in [3.05, 3.63) is 36.0 Å². The molecular weight excluding hydrogens is 360 g/mol. The highest BCUT2D eigenvalue weighted by atomic mass is 16.5. The van der Waals surface area contributed by atoms with E-state index in [9.17, 15) is 14.9 Å². The molecule has 0 bridgehead atoms. The van der Waals surface area contributed by atoms with Gasteiger partial charge >= 0.3 is 0 Å². The number of ketones is 1. The zero-order valence-electron chi connectivity index (χ0n) is 16.5. The van der Waals surface area contributed by atoms with Crippen LogP contribution in [0.5, 0.6) is 5.75 Å². The molecule has 8 heteroatoms. The quantitative estimate of drug-likeness (QED) is 0.695. The average Bonchev–Trinajstić information content (AvgIpc) is 3.12. The monoisotopic (exact) mass is 384 g/mol. The van der Waals surface area contributed by atoms with E-state index in [0.29, 0.717) is 36.0 Å². The minimum absolute atomic E-state index is 0.0709. The number of ether oxygens (including phenoxy) is 1. The van der Waals surface area contributed by atoms with Crippen LogP contribution in [0, 0.1) is 17.2 Å². The van der Waals surface area contributed by atoms with E-state index in [1.807, 2.05) is 20.8 Å². The van der Waals surface area contributed by atoms with Gasteiger partial charge in [-0.25, -0.2) is 0 Å². The Hall–Kier alpha value is -3.21. The van der Waals surface area contributed by atoms with Crippen LogP contribution >= 0.6 is 0 Å². The van der Waals surface area contributed by atoms with Gasteiger partial charge in [-0.3, -0.25) is 9.59 Å². The highest BCUT2D eigenvalue weighted by Gasteiger charge is 2.26. The first-order chi connectivity index (χ1) is 13.2. The number of rotatable bonds is 8. The molecule has 2 rings (SSSR count). The lowest BCUT2D eigenvalue weighted by Gasteiger charge is -2.11. The van der Waals surface area contributed by atoms with Crippen LogP contribution in [0.4, 0.5) is 5.69 Å². The Morgan fingerprint density at radius 1 is 1.29 bits per heavy atom. The van der Waals surface area contributed by atoms with E-state index in [4.69, 9.17) is 9.26 Å². The predicted molar refractivity (Wildman–Crippen MR) is 102 cm³/mol. The zero-order valence-corrected chi connectivity index (χ0v) is 16.5. The molecule has 0 spiro atoms. The molecule has 1 unspecified atom stereocenters. The summed E-state index contributed by atoms with van der Waals surface area (Å²) in [6, 6.07) is 8.40. The van der Waals surface area contributed by atoms with Crippen LogP contribution in [0.1, 0.15) is 45.3 Å². The number of carbonyl (C=O) groups excluding carboxylic acids is 2. The van der Waals surface area contributed by atoms with E-state index in [-0.39, 0.29) is 11.8 Å². The third kappa shape index (κ3) is 5.64. The Balaban J connectivity index is 1.87. The maximum absolute atomic E-state index is 12.3. The smallest absolute Gasteiger partial charge is 0.249 e. The van der Waals surface area contributed by atoms with Crippen LogP contribution in [0.15, 0.2) is 28.8 Å². The maximum atomic E-state index is 12.3. The Morgan fingerprint density at radius 2 is 1.96 bits per heavy atom. The van der Waals surface area contributed by atoms with Crippen molar-refractivity contribution in [3.63, 3.8) is 0 Å². The van der Waals surface area contributed by atoms with Crippen LogP contribution in [0.2, 0.25) is 0 Å². The van der Waals surface area contributed by atoms with E-state index in [1.54, 1.807) is 30.3 Å². The number of aryl methyl sites for hydroxylation is 1. The molecule has 0 aliphatic rings. The molecule has 1 aromatic carbocycles. The standard InChI is InChI=1S/C20H24N4O4/c1-20(2,3)19-23-17(28-24-19)7-5-6-16(25)15(12-21)18(26)22-13-8-10-14(27-4)11-9-13/h8-11,15H,5-7H2,1-4H3,(H,22,26). The van der Waals surface area contributed by atoms with E-state index in [1.165, 1.54) is 7.11 Å². The van der Waals surface area contributed by atoms with Gasteiger partial charge in [0.2, 0.25) is 11.8 Å². The fourth-order valence-corrected chi connectivity index (χ4v) is 2.38. The van der Waals surface area contributed by atoms with Gasteiger partial charge in [0, 0.05) is 23.9 Å². The number of amides is 1. The second kappa shape index (κ2) is 9.13. The van der Waals surface area contributed by atoms with Crippen molar-refractivity contribution >= 4 is 17.4 Å². The van der Waals surface area contributed by atoms with E-state index >= 15 is 0 Å². The first-order valence-electron chi connectivity index (χ1n) is 8.95. The molecule has 0 aliphatic heterocycles. The number of hydrogen-bond donors (Lipinski definition) is 1. The van der Waals surface area contributed by atoms with Gasteiger partial charge in [0.25, 0.3) is 0 Å². The normalized spacial score (nSPS) is 12.1. The van der Waals surface area contributed by atoms with Gasteiger partial charge in [0.05, 0.1) is 13.2 Å². The number of nitriles is 1. The molecule has 0 saturated heterocycles. The molecule has 8 nitrogen and oxygen atoms in total. The van der Waals surface area contributed by atoms with Crippen LogP contribution in [0.3, 0.4) is 0 Å². The average molecular weight is 384 g/mol. The Labute approximate surface area is 163 Å². The summed E-state index contributed by atoms with van der Waals surface area (Å²) in [4.78, 5) is 28.9. The summed E-state index contributed by atoms with van der Waals surface area (Å²) in [5.74, 6) is -0.775. The SMILES string of the molecule is COc1ccc(NC(=O)C(C#N)C(=O)CCCc2nc(C(C)(C)C)no2)cc1. The number of nitrogens with one attached hydrogen (secondary N) is 1. The van der Waals surface area contributed by atoms with E-state index < -0.39 is 17.6 Å². The number of hydrogen-bond acceptors (Lipinski definition) is 7. The molecular formula is C20H24N4O4. The van der Waals surface area contributed by atoms with Crippen LogP contribution in [-0.2, 0) is 21.4 Å². The number of Topliss-reactive ketones (excluding diaryl/α,β-unsaturated/α-hetero) is 1. The van der Waals surface area contributed by atoms with Crippen LogP contribution < -0.4 is 10.1 Å². The Kier molecular flexibility index (Phi) is 6.88. The van der Waals surface area contributed by atoms with Crippen molar-refractivity contribution in [2.45, 2.75) is 45.4 Å². The molecule has 28 heavy (non-hydrogen) atoms. The van der Waals surface area contributed by atoms with Crippen molar-refractivity contribution < 1.29 is 18.8 Å². The molecule has 1 heterocycles. The second-order valence-corrected chi connectivity index (χ2v) is 7.36. The molecule has 1 aromatic heterocycles. The van der Waals surface area contributed by atoms with Gasteiger partial charge in [-0.05, 0) is 30.7 Å². The van der Waals surface area contributed by atoms with E-state index in [2.05, 4.69) is 15.5 Å². The highest BCUT2D eigenvalue weighted by Crippen LogP contribution is 2.19. The fourth-order valence-electron chi connectivity index (χ4n) is 2.38. The third-order valence-electron chi connectivity index (χ3n) is 4.02. The minimum Gasteiger partial charge on any atom is -0.497 e. The van der Waals surface area contributed by atoms with Gasteiger partial charge < -0.3 is 14.6 Å². The molecule has 0 fully saturated rings. The molecule has 0 radical (unpaired) electrons. The van der Waals surface area contributed by atoms with E-state index in [0.717, 1.165) is 0 Å². The fraction of sp³-hybridized carbons (Fsp3) is 0.450. The molecule has 0 aliphatic carbocycles. The number of nitrogens with zero attached hydrogens (tertiary/aromatic N) is 3. The maximum Gasteiger partial charge on any atom is 0.249 e. The van der Waals surface area contributed by atoms with Gasteiger partial charge in [0.15, 0.2) is 17.5 Å². The predicted octanol–water partition coefficient (Wildman–Crippen LogP) is 3.05.